The second kappa shape index (κ2) is 11.7. The van der Waals surface area contributed by atoms with E-state index in [2.05, 4.69) is 43.2 Å². The summed E-state index contributed by atoms with van der Waals surface area (Å²) in [5.41, 5.74) is 1.27. The molecule has 0 fully saturated rings. The first-order chi connectivity index (χ1) is 14.3. The van der Waals surface area contributed by atoms with Crippen LogP contribution in [0.2, 0.25) is 5.02 Å². The zero-order chi connectivity index (χ0) is 22.1. The number of rotatable bonds is 10. The minimum absolute atomic E-state index is 0.101. The number of nitrogens with zero attached hydrogens (tertiary/aromatic N) is 1. The Hall–Kier alpha value is -2.37. The van der Waals surface area contributed by atoms with Crippen molar-refractivity contribution in [2.75, 3.05) is 13.1 Å². The summed E-state index contributed by atoms with van der Waals surface area (Å²) in [6, 6.07) is 16.8. The zero-order valence-corrected chi connectivity index (χ0v) is 18.9. The molecule has 2 aromatic carbocycles. The molecule has 0 aromatic heterocycles. The van der Waals surface area contributed by atoms with Gasteiger partial charge in [0.15, 0.2) is 0 Å². The van der Waals surface area contributed by atoms with Gasteiger partial charge in [0.05, 0.1) is 23.0 Å². The van der Waals surface area contributed by atoms with Crippen molar-refractivity contribution in [3.8, 4) is 0 Å². The maximum Gasteiger partial charge on any atom is 0.253 e. The molecule has 0 bridgehead atoms. The normalized spacial score (nSPS) is 12.3. The molecule has 6 heteroatoms. The lowest BCUT2D eigenvalue weighted by atomic mass is 10.0. The summed E-state index contributed by atoms with van der Waals surface area (Å²) >= 11 is 6.16. The summed E-state index contributed by atoms with van der Waals surface area (Å²) in [7, 11) is 0. The van der Waals surface area contributed by atoms with Gasteiger partial charge in [-0.1, -0.05) is 54.1 Å². The van der Waals surface area contributed by atoms with Gasteiger partial charge in [-0.15, -0.1) is 0 Å². The van der Waals surface area contributed by atoms with E-state index >= 15 is 0 Å². The van der Waals surface area contributed by atoms with E-state index in [9.17, 15) is 9.59 Å². The van der Waals surface area contributed by atoms with Gasteiger partial charge < -0.3 is 10.6 Å². The third-order valence-electron chi connectivity index (χ3n) is 5.03. The highest BCUT2D eigenvalue weighted by atomic mass is 35.5. The highest BCUT2D eigenvalue weighted by molar-refractivity contribution is 6.33. The first kappa shape index (κ1) is 23.9. The van der Waals surface area contributed by atoms with Crippen molar-refractivity contribution in [1.82, 2.24) is 15.5 Å². The molecule has 0 aliphatic heterocycles. The van der Waals surface area contributed by atoms with Crippen LogP contribution in [-0.4, -0.2) is 41.9 Å². The van der Waals surface area contributed by atoms with Gasteiger partial charge in [-0.2, -0.15) is 0 Å². The molecule has 5 nitrogen and oxygen atoms in total. The van der Waals surface area contributed by atoms with Crippen LogP contribution < -0.4 is 10.6 Å². The second-order valence-corrected chi connectivity index (χ2v) is 8.30. The Balaban J connectivity index is 2.03. The molecule has 2 amide bonds. The largest absolute Gasteiger partial charge is 0.355 e. The molecule has 2 rings (SSSR count). The Bertz CT molecular complexity index is 816. The van der Waals surface area contributed by atoms with E-state index in [1.54, 1.807) is 24.3 Å². The first-order valence-corrected chi connectivity index (χ1v) is 10.8. The molecule has 2 N–H and O–H groups in total. The minimum Gasteiger partial charge on any atom is -0.355 e. The summed E-state index contributed by atoms with van der Waals surface area (Å²) in [6.45, 7) is 9.95. The van der Waals surface area contributed by atoms with Gasteiger partial charge in [0.25, 0.3) is 5.91 Å². The molecule has 0 heterocycles. The van der Waals surface area contributed by atoms with Gasteiger partial charge >= 0.3 is 0 Å². The molecule has 30 heavy (non-hydrogen) atoms. The van der Waals surface area contributed by atoms with Gasteiger partial charge in [0.2, 0.25) is 5.91 Å². The molecule has 0 radical (unpaired) electrons. The molecule has 0 saturated heterocycles. The van der Waals surface area contributed by atoms with Gasteiger partial charge in [-0.3, -0.25) is 14.5 Å². The van der Waals surface area contributed by atoms with Crippen molar-refractivity contribution in [1.29, 1.82) is 0 Å². The fourth-order valence-corrected chi connectivity index (χ4v) is 3.74. The van der Waals surface area contributed by atoms with Gasteiger partial charge in [0.1, 0.15) is 0 Å². The Kier molecular flexibility index (Phi) is 9.34. The van der Waals surface area contributed by atoms with Crippen molar-refractivity contribution in [2.45, 2.75) is 52.2 Å². The van der Waals surface area contributed by atoms with Crippen molar-refractivity contribution < 1.29 is 9.59 Å². The smallest absolute Gasteiger partial charge is 0.253 e. The molecule has 162 valence electrons. The number of amides is 2. The molecular weight excluding hydrogens is 398 g/mol. The summed E-state index contributed by atoms with van der Waals surface area (Å²) in [6.07, 6.45) is 0.156. The molecular formula is C24H32ClN3O2. The SMILES string of the molecule is CC(C)N(CCNC(=O)CC(NC(=O)c1ccccc1Cl)c1ccccc1)C(C)C. The number of halogens is 1. The molecule has 0 spiro atoms. The van der Waals surface area contributed by atoms with Crippen LogP contribution in [0, 0.1) is 0 Å². The van der Waals surface area contributed by atoms with Gasteiger partial charge in [-0.05, 0) is 45.4 Å². The number of hydrogen-bond donors (Lipinski definition) is 2. The van der Waals surface area contributed by atoms with E-state index in [-0.39, 0.29) is 18.2 Å². The van der Waals surface area contributed by atoms with Crippen LogP contribution in [-0.2, 0) is 4.79 Å². The highest BCUT2D eigenvalue weighted by Crippen LogP contribution is 2.20. The monoisotopic (exact) mass is 429 g/mol. The molecule has 0 saturated carbocycles. The third kappa shape index (κ3) is 7.15. The Morgan fingerprint density at radius 1 is 0.933 bits per heavy atom. The van der Waals surface area contributed by atoms with Crippen molar-refractivity contribution in [3.05, 3.63) is 70.7 Å². The Labute approximate surface area is 184 Å². The number of carbonyl (C=O) groups is 2. The molecule has 0 aliphatic carbocycles. The van der Waals surface area contributed by atoms with E-state index in [0.717, 1.165) is 12.1 Å². The van der Waals surface area contributed by atoms with Crippen LogP contribution in [0.4, 0.5) is 0 Å². The number of hydrogen-bond acceptors (Lipinski definition) is 3. The lowest BCUT2D eigenvalue weighted by molar-refractivity contribution is -0.121. The zero-order valence-electron chi connectivity index (χ0n) is 18.2. The van der Waals surface area contributed by atoms with Crippen LogP contribution in [0.25, 0.3) is 0 Å². The quantitative estimate of drug-likeness (QED) is 0.587. The van der Waals surface area contributed by atoms with E-state index < -0.39 is 6.04 Å². The summed E-state index contributed by atoms with van der Waals surface area (Å²) in [5, 5.41) is 6.33. The lowest BCUT2D eigenvalue weighted by Crippen LogP contribution is -2.43. The highest BCUT2D eigenvalue weighted by Gasteiger charge is 2.21. The average Bonchev–Trinajstić information content (AvgIpc) is 2.71. The topological polar surface area (TPSA) is 61.4 Å². The fourth-order valence-electron chi connectivity index (χ4n) is 3.51. The number of carbonyl (C=O) groups excluding carboxylic acids is 2. The van der Waals surface area contributed by atoms with Crippen LogP contribution >= 0.6 is 11.6 Å². The van der Waals surface area contributed by atoms with Gasteiger partial charge in [0, 0.05) is 25.2 Å². The van der Waals surface area contributed by atoms with E-state index in [1.807, 2.05) is 30.3 Å². The van der Waals surface area contributed by atoms with E-state index in [0.29, 0.717) is 29.2 Å². The molecule has 0 aliphatic rings. The van der Waals surface area contributed by atoms with Crippen molar-refractivity contribution in [3.63, 3.8) is 0 Å². The maximum absolute atomic E-state index is 12.8. The predicted molar refractivity (Wildman–Crippen MR) is 123 cm³/mol. The van der Waals surface area contributed by atoms with Crippen LogP contribution in [0.1, 0.15) is 56.1 Å². The van der Waals surface area contributed by atoms with Crippen molar-refractivity contribution in [2.24, 2.45) is 0 Å². The van der Waals surface area contributed by atoms with Crippen LogP contribution in [0.5, 0.6) is 0 Å². The van der Waals surface area contributed by atoms with Gasteiger partial charge in [-0.25, -0.2) is 0 Å². The number of benzene rings is 2. The molecule has 1 unspecified atom stereocenters. The summed E-state index contributed by atoms with van der Waals surface area (Å²) in [4.78, 5) is 27.7. The standard InChI is InChI=1S/C24H32ClN3O2/c1-17(2)28(18(3)4)15-14-26-23(29)16-22(19-10-6-5-7-11-19)27-24(30)20-12-8-9-13-21(20)25/h5-13,17-18,22H,14-16H2,1-4H3,(H,26,29)(H,27,30). The molecule has 1 atom stereocenters. The summed E-state index contributed by atoms with van der Waals surface area (Å²) < 4.78 is 0. The van der Waals surface area contributed by atoms with Crippen molar-refractivity contribution >= 4 is 23.4 Å². The number of nitrogens with one attached hydrogen (secondary N) is 2. The second-order valence-electron chi connectivity index (χ2n) is 7.90. The average molecular weight is 430 g/mol. The fraction of sp³-hybridized carbons (Fsp3) is 0.417. The summed E-state index contributed by atoms with van der Waals surface area (Å²) in [5.74, 6) is -0.399. The Morgan fingerprint density at radius 2 is 1.53 bits per heavy atom. The predicted octanol–water partition coefficient (Wildman–Crippen LogP) is 4.44. The lowest BCUT2D eigenvalue weighted by Gasteiger charge is -2.30. The first-order valence-electron chi connectivity index (χ1n) is 10.4. The maximum atomic E-state index is 12.8. The van der Waals surface area contributed by atoms with Crippen LogP contribution in [0.3, 0.4) is 0 Å². The minimum atomic E-state index is -0.443. The third-order valence-corrected chi connectivity index (χ3v) is 5.36. The Morgan fingerprint density at radius 3 is 2.13 bits per heavy atom. The van der Waals surface area contributed by atoms with Crippen LogP contribution in [0.15, 0.2) is 54.6 Å². The molecule has 2 aromatic rings. The van der Waals surface area contributed by atoms with E-state index in [1.165, 1.54) is 0 Å². The van der Waals surface area contributed by atoms with E-state index in [4.69, 9.17) is 11.6 Å².